The minimum Gasteiger partial charge on any atom is -0.489 e. The van der Waals surface area contributed by atoms with Crippen molar-refractivity contribution in [2.75, 3.05) is 18.1 Å². The number of rotatable bonds is 14. The van der Waals surface area contributed by atoms with Gasteiger partial charge in [0.15, 0.2) is 21.4 Å². The molecular formula is C42H42Cl3F2N3O9S. The molecule has 2 N–H and O–H groups in total. The molecule has 18 heteroatoms. The molecule has 3 fully saturated rings. The fraction of sp³-hybridized carbons (Fsp3) is 0.381. The Hall–Kier alpha value is -4.06. The zero-order valence-corrected chi connectivity index (χ0v) is 35.4. The van der Waals surface area contributed by atoms with Gasteiger partial charge in [-0.15, -0.1) is 0 Å². The van der Waals surface area contributed by atoms with Gasteiger partial charge >= 0.3 is 6.09 Å². The van der Waals surface area contributed by atoms with Gasteiger partial charge in [-0.1, -0.05) is 83.3 Å². The monoisotopic (exact) mass is 907 g/mol. The maximum atomic E-state index is 15.5. The molecule has 0 radical (unpaired) electrons. The van der Waals surface area contributed by atoms with Crippen LogP contribution in [0.25, 0.3) is 0 Å². The standard InChI is InChI=1S/C42H42Cl3F2N3O9S/c1-42(40(51)48(29-14-15-29)21-28-7-3-9-33(43)37(28)44)32(27-12-10-25(11-13-27)6-4-18-57-39-35(47)17-16-34(46)38(39)45)20-30-23-60(55,56)24-36(42)49(30)41(52)59-31-8-2-5-26(19-31)22-58-50(53)54/h2-3,5,7-13,16-17,19,29-30,32,36,53-54H,4,6,14-15,18,20-24H2,1H3. The third kappa shape index (κ3) is 9.53. The highest BCUT2D eigenvalue weighted by Crippen LogP contribution is 2.53. The Balaban J connectivity index is 1.20. The van der Waals surface area contributed by atoms with Crippen LogP contribution in [0.3, 0.4) is 0 Å². The van der Waals surface area contributed by atoms with Crippen LogP contribution >= 0.6 is 34.8 Å². The van der Waals surface area contributed by atoms with Crippen LogP contribution < -0.4 is 9.47 Å². The largest absolute Gasteiger partial charge is 0.489 e. The summed E-state index contributed by atoms with van der Waals surface area (Å²) in [6.07, 6.45) is 1.69. The number of halogens is 5. The number of nitrogens with zero attached hydrogens (tertiary/aromatic N) is 3. The average molecular weight is 909 g/mol. The van der Waals surface area contributed by atoms with Crippen molar-refractivity contribution in [3.63, 3.8) is 0 Å². The second-order valence-corrected chi connectivity index (χ2v) is 18.8. The Kier molecular flexibility index (Phi) is 13.3. The smallest absolute Gasteiger partial charge is 0.415 e. The number of sulfone groups is 1. The summed E-state index contributed by atoms with van der Waals surface area (Å²) >= 11 is 18.9. The van der Waals surface area contributed by atoms with Gasteiger partial charge in [0.25, 0.3) is 0 Å². The zero-order valence-electron chi connectivity index (χ0n) is 32.3. The summed E-state index contributed by atoms with van der Waals surface area (Å²) in [7, 11) is -3.75. The van der Waals surface area contributed by atoms with Crippen molar-refractivity contribution in [2.24, 2.45) is 5.41 Å². The predicted molar refractivity (Wildman–Crippen MR) is 218 cm³/mol. The number of amides is 2. The minimum atomic E-state index is -3.75. The molecule has 2 heterocycles. The van der Waals surface area contributed by atoms with Gasteiger partial charge in [-0.05, 0) is 91.6 Å². The summed E-state index contributed by atoms with van der Waals surface area (Å²) in [6, 6.07) is 18.7. The molecular weight excluding hydrogens is 867 g/mol. The van der Waals surface area contributed by atoms with E-state index in [0.717, 1.165) is 36.1 Å². The first kappa shape index (κ1) is 44.0. The van der Waals surface area contributed by atoms with Gasteiger partial charge in [0.05, 0.1) is 57.7 Å². The summed E-state index contributed by atoms with van der Waals surface area (Å²) in [6.45, 7) is 1.64. The van der Waals surface area contributed by atoms with E-state index in [2.05, 4.69) is 0 Å². The maximum Gasteiger partial charge on any atom is 0.415 e. The predicted octanol–water partition coefficient (Wildman–Crippen LogP) is 8.80. The van der Waals surface area contributed by atoms with Crippen LogP contribution in [-0.2, 0) is 39.0 Å². The molecule has 12 nitrogen and oxygen atoms in total. The van der Waals surface area contributed by atoms with Crippen LogP contribution in [0.1, 0.15) is 60.8 Å². The SMILES string of the molecule is CC1(C(=O)N(Cc2cccc(Cl)c2Cl)C2CC2)C(c2ccc(CCCOc3c(F)ccc(F)c3Cl)cc2)CC2CS(=O)(=O)CC1N2C(=O)Oc1cccc(CON(O)O)c1. The summed E-state index contributed by atoms with van der Waals surface area (Å²) < 4.78 is 66.8. The van der Waals surface area contributed by atoms with E-state index >= 15 is 4.79 Å². The van der Waals surface area contributed by atoms with Gasteiger partial charge in [0.2, 0.25) is 5.91 Å². The first-order valence-corrected chi connectivity index (χ1v) is 22.2. The Morgan fingerprint density at radius 2 is 1.63 bits per heavy atom. The second kappa shape index (κ2) is 18.1. The van der Waals surface area contributed by atoms with Crippen LogP contribution in [0.15, 0.2) is 78.9 Å². The van der Waals surface area contributed by atoms with Gasteiger partial charge < -0.3 is 14.4 Å². The third-order valence-corrected chi connectivity index (χ3v) is 14.4. The van der Waals surface area contributed by atoms with E-state index in [0.29, 0.717) is 34.0 Å². The number of hydrogen-bond acceptors (Lipinski definition) is 10. The molecule has 0 spiro atoms. The van der Waals surface area contributed by atoms with Crippen molar-refractivity contribution in [1.29, 1.82) is 0 Å². The fourth-order valence-electron chi connectivity index (χ4n) is 8.37. The van der Waals surface area contributed by atoms with E-state index in [1.54, 1.807) is 42.2 Å². The molecule has 1 saturated carbocycles. The first-order chi connectivity index (χ1) is 28.6. The molecule has 2 bridgehead atoms. The first-order valence-electron chi connectivity index (χ1n) is 19.2. The van der Waals surface area contributed by atoms with E-state index in [4.69, 9.17) is 59.5 Å². The molecule has 1 aliphatic carbocycles. The quantitative estimate of drug-likeness (QED) is 0.0716. The molecule has 4 unspecified atom stereocenters. The number of carbonyl (C=O) groups is 2. The average Bonchev–Trinajstić information content (AvgIpc) is 4.05. The third-order valence-electron chi connectivity index (χ3n) is 11.5. The highest BCUT2D eigenvalue weighted by molar-refractivity contribution is 7.91. The Labute approximate surface area is 360 Å². The van der Waals surface area contributed by atoms with Crippen LogP contribution in [0.2, 0.25) is 15.1 Å². The Morgan fingerprint density at radius 1 is 0.917 bits per heavy atom. The fourth-order valence-corrected chi connectivity index (χ4v) is 11.0. The molecule has 4 atom stereocenters. The van der Waals surface area contributed by atoms with E-state index in [1.165, 1.54) is 17.0 Å². The lowest BCUT2D eigenvalue weighted by atomic mass is 9.62. The molecule has 4 aromatic carbocycles. The number of carbonyl (C=O) groups excluding carboxylic acids is 2. The van der Waals surface area contributed by atoms with Crippen LogP contribution in [0.5, 0.6) is 11.5 Å². The summed E-state index contributed by atoms with van der Waals surface area (Å²) in [5.74, 6) is -3.53. The van der Waals surface area contributed by atoms with E-state index in [-0.39, 0.29) is 55.4 Å². The topological polar surface area (TPSA) is 146 Å². The van der Waals surface area contributed by atoms with E-state index in [1.807, 2.05) is 24.3 Å². The number of benzene rings is 4. The minimum absolute atomic E-state index is 0.0659. The molecule has 4 aromatic rings. The summed E-state index contributed by atoms with van der Waals surface area (Å²) in [4.78, 5) is 37.6. The van der Waals surface area contributed by atoms with Gasteiger partial charge in [-0.2, -0.15) is 0 Å². The number of ether oxygens (including phenoxy) is 2. The molecule has 60 heavy (non-hydrogen) atoms. The van der Waals surface area contributed by atoms with Gasteiger partial charge in [-0.25, -0.2) is 26.8 Å². The Morgan fingerprint density at radius 3 is 2.35 bits per heavy atom. The van der Waals surface area contributed by atoms with Crippen LogP contribution in [-0.4, -0.2) is 82.3 Å². The lowest BCUT2D eigenvalue weighted by molar-refractivity contribution is -0.497. The molecule has 2 amide bonds. The maximum absolute atomic E-state index is 15.5. The van der Waals surface area contributed by atoms with Gasteiger partial charge in [0, 0.05) is 18.5 Å². The molecule has 2 saturated heterocycles. The van der Waals surface area contributed by atoms with Crippen LogP contribution in [0, 0.1) is 17.0 Å². The van der Waals surface area contributed by atoms with Gasteiger partial charge in [-0.3, -0.25) is 20.1 Å². The number of fused-ring (bicyclic) bond motifs is 2. The van der Waals surface area contributed by atoms with Gasteiger partial charge in [0.1, 0.15) is 16.6 Å². The van der Waals surface area contributed by atoms with Crippen LogP contribution in [0.4, 0.5) is 13.6 Å². The van der Waals surface area contributed by atoms with Crippen molar-refractivity contribution in [3.05, 3.63) is 128 Å². The molecule has 0 aromatic heterocycles. The second-order valence-electron chi connectivity index (χ2n) is 15.5. The van der Waals surface area contributed by atoms with E-state index < -0.39 is 67.1 Å². The highest BCUT2D eigenvalue weighted by Gasteiger charge is 2.62. The lowest BCUT2D eigenvalue weighted by Gasteiger charge is -2.57. The number of aryl methyl sites for hydroxylation is 1. The molecule has 2 aliphatic heterocycles. The van der Waals surface area contributed by atoms with E-state index in [9.17, 15) is 22.0 Å². The molecule has 320 valence electrons. The lowest BCUT2D eigenvalue weighted by Crippen LogP contribution is -2.71. The Bertz CT molecular complexity index is 2360. The number of hydrogen-bond donors (Lipinski definition) is 2. The number of piperidine rings is 1. The summed E-state index contributed by atoms with van der Waals surface area (Å²) in [5.41, 5.74) is 1.24. The van der Waals surface area contributed by atoms with Crippen molar-refractivity contribution in [3.8, 4) is 11.5 Å². The van der Waals surface area contributed by atoms with Crippen molar-refractivity contribution in [1.82, 2.24) is 15.2 Å². The highest BCUT2D eigenvalue weighted by atomic mass is 35.5. The van der Waals surface area contributed by atoms with Crippen molar-refractivity contribution in [2.45, 2.75) is 76.2 Å². The van der Waals surface area contributed by atoms with Crippen molar-refractivity contribution >= 4 is 56.6 Å². The summed E-state index contributed by atoms with van der Waals surface area (Å²) in [5, 5.41) is 17.7. The molecule has 3 aliphatic rings. The normalized spacial score (nSPS) is 22.1. The van der Waals surface area contributed by atoms with Crippen molar-refractivity contribution < 1.29 is 51.5 Å². The molecule has 7 rings (SSSR count). The zero-order chi connectivity index (χ0) is 42.9.